The van der Waals surface area contributed by atoms with Crippen molar-refractivity contribution in [2.75, 3.05) is 6.61 Å². The zero-order valence-electron chi connectivity index (χ0n) is 6.59. The van der Waals surface area contributed by atoms with Crippen molar-refractivity contribution >= 4 is 5.97 Å². The Morgan fingerprint density at radius 2 is 2.40 bits per heavy atom. The molecule has 58 valence electrons. The van der Waals surface area contributed by atoms with E-state index in [4.69, 9.17) is 4.74 Å². The molecule has 0 aromatic heterocycles. The predicted molar refractivity (Wildman–Crippen MR) is 38.5 cm³/mol. The second-order valence-corrected chi connectivity index (χ2v) is 2.97. The molecule has 1 fully saturated rings. The molecule has 0 bridgehead atoms. The van der Waals surface area contributed by atoms with Crippen LogP contribution in [0.25, 0.3) is 0 Å². The average molecular weight is 142 g/mol. The van der Waals surface area contributed by atoms with Gasteiger partial charge in [-0.25, -0.2) is 0 Å². The minimum absolute atomic E-state index is 0.0153. The third-order valence-corrected chi connectivity index (χ3v) is 2.18. The molecule has 1 rings (SSSR count). The van der Waals surface area contributed by atoms with Crippen LogP contribution in [0.2, 0.25) is 0 Å². The van der Waals surface area contributed by atoms with Crippen LogP contribution in [-0.2, 0) is 9.53 Å². The van der Waals surface area contributed by atoms with Gasteiger partial charge in [0, 0.05) is 5.92 Å². The van der Waals surface area contributed by atoms with Crippen LogP contribution in [0.5, 0.6) is 0 Å². The van der Waals surface area contributed by atoms with Gasteiger partial charge in [-0.2, -0.15) is 0 Å². The van der Waals surface area contributed by atoms with Crippen LogP contribution < -0.4 is 0 Å². The van der Waals surface area contributed by atoms with Gasteiger partial charge in [0.2, 0.25) is 0 Å². The Morgan fingerprint density at radius 1 is 1.70 bits per heavy atom. The maximum atomic E-state index is 10.8. The third-order valence-electron chi connectivity index (χ3n) is 2.18. The molecular formula is C8H14O2. The molecule has 1 saturated heterocycles. The third kappa shape index (κ3) is 1.31. The van der Waals surface area contributed by atoms with Gasteiger partial charge < -0.3 is 4.74 Å². The van der Waals surface area contributed by atoms with Crippen LogP contribution in [0.3, 0.4) is 0 Å². The normalized spacial score (nSPS) is 32.4. The van der Waals surface area contributed by atoms with Crippen LogP contribution in [0, 0.1) is 11.8 Å². The summed E-state index contributed by atoms with van der Waals surface area (Å²) < 4.78 is 4.89. The zero-order chi connectivity index (χ0) is 7.56. The van der Waals surface area contributed by atoms with Crippen LogP contribution >= 0.6 is 0 Å². The maximum absolute atomic E-state index is 10.8. The highest BCUT2D eigenvalue weighted by Crippen LogP contribution is 2.25. The molecule has 0 spiro atoms. The molecule has 0 radical (unpaired) electrons. The Balaban J connectivity index is 2.41. The molecule has 10 heavy (non-hydrogen) atoms. The monoisotopic (exact) mass is 142 g/mol. The number of hydrogen-bond donors (Lipinski definition) is 0. The van der Waals surface area contributed by atoms with Gasteiger partial charge in [0.25, 0.3) is 0 Å². The van der Waals surface area contributed by atoms with Gasteiger partial charge in [0.1, 0.15) is 0 Å². The smallest absolute Gasteiger partial charge is 0.309 e. The quantitative estimate of drug-likeness (QED) is 0.547. The molecule has 1 aliphatic rings. The summed E-state index contributed by atoms with van der Waals surface area (Å²) in [7, 11) is 0. The summed E-state index contributed by atoms with van der Waals surface area (Å²) in [6, 6.07) is 0. The number of cyclic esters (lactones) is 1. The summed E-state index contributed by atoms with van der Waals surface area (Å²) in [5, 5.41) is 0. The van der Waals surface area contributed by atoms with Gasteiger partial charge in [0.05, 0.1) is 12.5 Å². The number of rotatable bonds is 2. The zero-order valence-corrected chi connectivity index (χ0v) is 6.59. The first-order valence-electron chi connectivity index (χ1n) is 3.92. The van der Waals surface area contributed by atoms with Crippen molar-refractivity contribution in [3.8, 4) is 0 Å². The highest BCUT2D eigenvalue weighted by Gasteiger charge is 2.31. The molecule has 0 amide bonds. The van der Waals surface area contributed by atoms with Gasteiger partial charge in [0.15, 0.2) is 0 Å². The van der Waals surface area contributed by atoms with Crippen LogP contribution in [0.1, 0.15) is 26.7 Å². The Kier molecular flexibility index (Phi) is 2.30. The summed E-state index contributed by atoms with van der Waals surface area (Å²) >= 11 is 0. The van der Waals surface area contributed by atoms with E-state index in [1.807, 2.05) is 6.92 Å². The molecule has 1 aliphatic heterocycles. The molecule has 0 aromatic carbocycles. The molecule has 2 atom stereocenters. The molecule has 2 nitrogen and oxygen atoms in total. The lowest BCUT2D eigenvalue weighted by Crippen LogP contribution is -2.11. The lowest BCUT2D eigenvalue weighted by atomic mass is 9.93. The lowest BCUT2D eigenvalue weighted by molar-refractivity contribution is -0.140. The molecule has 1 heterocycles. The minimum atomic E-state index is -0.0153. The number of esters is 1. The Morgan fingerprint density at radius 3 is 2.80 bits per heavy atom. The topological polar surface area (TPSA) is 26.3 Å². The van der Waals surface area contributed by atoms with E-state index in [1.165, 1.54) is 0 Å². The number of ether oxygens (including phenoxy) is 1. The molecule has 0 N–H and O–H groups in total. The van der Waals surface area contributed by atoms with Gasteiger partial charge in [-0.15, -0.1) is 0 Å². The Hall–Kier alpha value is -0.530. The van der Waals surface area contributed by atoms with Crippen molar-refractivity contribution in [1.82, 2.24) is 0 Å². The van der Waals surface area contributed by atoms with Crippen molar-refractivity contribution < 1.29 is 9.53 Å². The predicted octanol–water partition coefficient (Wildman–Crippen LogP) is 1.60. The van der Waals surface area contributed by atoms with Crippen LogP contribution in [0.15, 0.2) is 0 Å². The van der Waals surface area contributed by atoms with E-state index in [1.54, 1.807) is 0 Å². The first-order valence-corrected chi connectivity index (χ1v) is 3.92. The van der Waals surface area contributed by atoms with E-state index in [0.717, 1.165) is 12.8 Å². The summed E-state index contributed by atoms with van der Waals surface area (Å²) in [6.45, 7) is 4.74. The van der Waals surface area contributed by atoms with Crippen molar-refractivity contribution in [2.24, 2.45) is 11.8 Å². The first kappa shape index (κ1) is 7.58. The summed E-state index contributed by atoms with van der Waals surface area (Å²) in [6.07, 6.45) is 2.26. The highest BCUT2D eigenvalue weighted by atomic mass is 16.5. The molecule has 2 heteroatoms. The van der Waals surface area contributed by atoms with Crippen LogP contribution in [0.4, 0.5) is 0 Å². The fourth-order valence-electron chi connectivity index (χ4n) is 1.36. The molecule has 2 unspecified atom stereocenters. The van der Waals surface area contributed by atoms with Gasteiger partial charge in [-0.3, -0.25) is 4.79 Å². The number of hydrogen-bond acceptors (Lipinski definition) is 2. The number of carbonyl (C=O) groups excluding carboxylic acids is 1. The van der Waals surface area contributed by atoms with Gasteiger partial charge >= 0.3 is 5.97 Å². The fraction of sp³-hybridized carbons (Fsp3) is 0.875. The standard InChI is InChI=1S/C8H14O2/c1-3-4-7-5-10-8(9)6(7)2/h6-7H,3-5H2,1-2H3. The van der Waals surface area contributed by atoms with E-state index < -0.39 is 0 Å². The molecule has 0 aromatic rings. The largest absolute Gasteiger partial charge is 0.465 e. The Labute approximate surface area is 61.6 Å². The molecular weight excluding hydrogens is 128 g/mol. The van der Waals surface area contributed by atoms with E-state index in [2.05, 4.69) is 6.92 Å². The van der Waals surface area contributed by atoms with Crippen molar-refractivity contribution in [2.45, 2.75) is 26.7 Å². The summed E-state index contributed by atoms with van der Waals surface area (Å²) in [4.78, 5) is 10.8. The lowest BCUT2D eigenvalue weighted by Gasteiger charge is -2.06. The summed E-state index contributed by atoms with van der Waals surface area (Å²) in [5.74, 6) is 0.607. The SMILES string of the molecule is CCCC1COC(=O)C1C. The Bertz CT molecular complexity index is 131. The second-order valence-electron chi connectivity index (χ2n) is 2.97. The van der Waals surface area contributed by atoms with Gasteiger partial charge in [-0.05, 0) is 6.42 Å². The first-order chi connectivity index (χ1) is 4.75. The second kappa shape index (κ2) is 3.04. The van der Waals surface area contributed by atoms with E-state index in [9.17, 15) is 4.79 Å². The summed E-state index contributed by atoms with van der Waals surface area (Å²) in [5.41, 5.74) is 0. The highest BCUT2D eigenvalue weighted by molar-refractivity contribution is 5.74. The van der Waals surface area contributed by atoms with Crippen molar-refractivity contribution in [3.63, 3.8) is 0 Å². The van der Waals surface area contributed by atoms with Crippen LogP contribution in [-0.4, -0.2) is 12.6 Å². The minimum Gasteiger partial charge on any atom is -0.465 e. The average Bonchev–Trinajstić information content (AvgIpc) is 2.20. The molecule has 0 saturated carbocycles. The fourth-order valence-corrected chi connectivity index (χ4v) is 1.36. The van der Waals surface area contributed by atoms with E-state index in [-0.39, 0.29) is 11.9 Å². The molecule has 0 aliphatic carbocycles. The van der Waals surface area contributed by atoms with E-state index in [0.29, 0.717) is 12.5 Å². The number of carbonyl (C=O) groups is 1. The van der Waals surface area contributed by atoms with Gasteiger partial charge in [-0.1, -0.05) is 20.3 Å². The van der Waals surface area contributed by atoms with Crippen molar-refractivity contribution in [1.29, 1.82) is 0 Å². The van der Waals surface area contributed by atoms with E-state index >= 15 is 0 Å². The van der Waals surface area contributed by atoms with Crippen molar-refractivity contribution in [3.05, 3.63) is 0 Å². The maximum Gasteiger partial charge on any atom is 0.309 e.